The van der Waals surface area contributed by atoms with Crippen LogP contribution in [0.4, 0.5) is 17.6 Å². The van der Waals surface area contributed by atoms with Crippen LogP contribution in [0, 0.1) is 0 Å². The minimum absolute atomic E-state index is 0.182. The van der Waals surface area contributed by atoms with Gasteiger partial charge in [0.15, 0.2) is 0 Å². The number of halogens is 4. The zero-order chi connectivity index (χ0) is 12.6. The van der Waals surface area contributed by atoms with Crippen molar-refractivity contribution >= 4 is 0 Å². The Balaban J connectivity index is 3.05. The molecule has 0 saturated carbocycles. The monoisotopic (exact) mass is 234 g/mol. The van der Waals surface area contributed by atoms with Crippen LogP contribution in [-0.2, 0) is 11.3 Å². The van der Waals surface area contributed by atoms with E-state index in [1.165, 1.54) is 12.1 Å². The highest BCUT2D eigenvalue weighted by molar-refractivity contribution is 5.30. The molecule has 0 saturated heterocycles. The maximum Gasteiger partial charge on any atom is 0.332 e. The van der Waals surface area contributed by atoms with Crippen LogP contribution >= 0.6 is 0 Å². The van der Waals surface area contributed by atoms with Crippen LogP contribution in [0.5, 0.6) is 0 Å². The van der Waals surface area contributed by atoms with Gasteiger partial charge in [0.25, 0.3) is 0 Å². The Morgan fingerprint density at radius 2 is 1.25 bits per heavy atom. The molecule has 0 aromatic heterocycles. The zero-order valence-electron chi connectivity index (χ0n) is 9.40. The summed E-state index contributed by atoms with van der Waals surface area (Å²) in [6, 6.07) is 5.05. The minimum Gasteiger partial charge on any atom is -0.203 e. The third-order valence-electron chi connectivity index (χ3n) is 2.41. The van der Waals surface area contributed by atoms with E-state index in [4.69, 9.17) is 0 Å². The average Bonchev–Trinajstić information content (AvgIpc) is 2.16. The van der Waals surface area contributed by atoms with Crippen molar-refractivity contribution in [3.8, 4) is 0 Å². The van der Waals surface area contributed by atoms with Gasteiger partial charge in [-0.05, 0) is 11.0 Å². The van der Waals surface area contributed by atoms with Gasteiger partial charge in [0, 0.05) is 5.56 Å². The molecule has 0 N–H and O–H groups in total. The summed E-state index contributed by atoms with van der Waals surface area (Å²) >= 11 is 0. The fourth-order valence-corrected chi connectivity index (χ4v) is 1.32. The number of benzene rings is 1. The summed E-state index contributed by atoms with van der Waals surface area (Å²) in [5.41, 5.74) is 0.00960. The van der Waals surface area contributed by atoms with Crippen LogP contribution < -0.4 is 0 Å². The second-order valence-corrected chi connectivity index (χ2v) is 4.75. The van der Waals surface area contributed by atoms with Gasteiger partial charge in [-0.1, -0.05) is 45.0 Å². The Kier molecular flexibility index (Phi) is 3.31. The van der Waals surface area contributed by atoms with Crippen molar-refractivity contribution < 1.29 is 17.6 Å². The molecule has 0 aliphatic rings. The van der Waals surface area contributed by atoms with E-state index in [-0.39, 0.29) is 5.41 Å². The van der Waals surface area contributed by atoms with Gasteiger partial charge in [0.05, 0.1) is 0 Å². The van der Waals surface area contributed by atoms with Crippen molar-refractivity contribution in [2.45, 2.75) is 38.5 Å². The van der Waals surface area contributed by atoms with E-state index >= 15 is 0 Å². The Bertz CT molecular complexity index is 346. The maximum absolute atomic E-state index is 13.0. The van der Waals surface area contributed by atoms with Gasteiger partial charge in [0.1, 0.15) is 0 Å². The van der Waals surface area contributed by atoms with Gasteiger partial charge in [-0.3, -0.25) is 0 Å². The van der Waals surface area contributed by atoms with E-state index in [0.717, 1.165) is 17.7 Å². The normalized spacial score (nSPS) is 13.2. The van der Waals surface area contributed by atoms with Crippen LogP contribution in [0.25, 0.3) is 0 Å². The molecule has 1 aromatic carbocycles. The highest BCUT2D eigenvalue weighted by atomic mass is 19.3. The molecule has 1 aromatic rings. The first-order valence-electron chi connectivity index (χ1n) is 4.92. The predicted molar refractivity (Wildman–Crippen MR) is 55.0 cm³/mol. The molecule has 4 heteroatoms. The lowest BCUT2D eigenvalue weighted by Crippen LogP contribution is -2.23. The number of rotatable bonds is 2. The molecule has 1 rings (SSSR count). The molecule has 0 bridgehead atoms. The van der Waals surface area contributed by atoms with Gasteiger partial charge in [-0.15, -0.1) is 0 Å². The third-order valence-corrected chi connectivity index (χ3v) is 2.41. The topological polar surface area (TPSA) is 0 Å². The van der Waals surface area contributed by atoms with Crippen LogP contribution in [0.15, 0.2) is 24.3 Å². The summed E-state index contributed by atoms with van der Waals surface area (Å²) in [6.07, 6.45) is -3.67. The smallest absolute Gasteiger partial charge is 0.203 e. The van der Waals surface area contributed by atoms with Crippen molar-refractivity contribution in [3.63, 3.8) is 0 Å². The van der Waals surface area contributed by atoms with Crippen LogP contribution in [0.2, 0.25) is 0 Å². The number of alkyl halides is 4. The first-order valence-corrected chi connectivity index (χ1v) is 4.92. The molecule has 0 heterocycles. The zero-order valence-corrected chi connectivity index (χ0v) is 9.40. The van der Waals surface area contributed by atoms with Gasteiger partial charge in [0.2, 0.25) is 0 Å². The maximum atomic E-state index is 13.0. The van der Waals surface area contributed by atoms with Gasteiger partial charge in [-0.2, -0.15) is 8.78 Å². The molecule has 0 fully saturated rings. The van der Waals surface area contributed by atoms with E-state index in [0.29, 0.717) is 0 Å². The Morgan fingerprint density at radius 1 is 0.875 bits per heavy atom. The quantitative estimate of drug-likeness (QED) is 0.668. The lowest BCUT2D eigenvalue weighted by atomic mass is 9.86. The highest BCUT2D eigenvalue weighted by Crippen LogP contribution is 2.35. The number of hydrogen-bond acceptors (Lipinski definition) is 0. The van der Waals surface area contributed by atoms with E-state index in [2.05, 4.69) is 0 Å². The summed E-state index contributed by atoms with van der Waals surface area (Å²) in [5.74, 6) is -4.07. The molecule has 0 radical (unpaired) electrons. The van der Waals surface area contributed by atoms with Crippen molar-refractivity contribution in [3.05, 3.63) is 35.4 Å². The summed E-state index contributed by atoms with van der Waals surface area (Å²) in [7, 11) is 0. The molecule has 16 heavy (non-hydrogen) atoms. The van der Waals surface area contributed by atoms with Crippen molar-refractivity contribution in [1.29, 1.82) is 0 Å². The third kappa shape index (κ3) is 2.54. The summed E-state index contributed by atoms with van der Waals surface area (Å²) < 4.78 is 50.1. The molecular formula is C12H14F4. The lowest BCUT2D eigenvalue weighted by molar-refractivity contribution is -0.135. The lowest BCUT2D eigenvalue weighted by Gasteiger charge is -2.21. The summed E-state index contributed by atoms with van der Waals surface area (Å²) in [5, 5.41) is 0. The second kappa shape index (κ2) is 4.07. The second-order valence-electron chi connectivity index (χ2n) is 4.75. The first-order chi connectivity index (χ1) is 7.15. The summed E-state index contributed by atoms with van der Waals surface area (Å²) in [4.78, 5) is 0. The minimum atomic E-state index is -4.07. The van der Waals surface area contributed by atoms with Crippen LogP contribution in [0.1, 0.15) is 31.9 Å². The van der Waals surface area contributed by atoms with E-state index in [9.17, 15) is 17.6 Å². The molecule has 0 aliphatic carbocycles. The van der Waals surface area contributed by atoms with Crippen molar-refractivity contribution in [2.24, 2.45) is 0 Å². The largest absolute Gasteiger partial charge is 0.332 e. The van der Waals surface area contributed by atoms with E-state index in [1.54, 1.807) is 0 Å². The van der Waals surface area contributed by atoms with Gasteiger partial charge in [-0.25, -0.2) is 8.78 Å². The van der Waals surface area contributed by atoms with Crippen molar-refractivity contribution in [2.75, 3.05) is 0 Å². The Labute approximate surface area is 92.3 Å². The standard InChI is InChI=1S/C12H14F4/c1-11(2,3)8-4-6-9(7-5-8)12(15,16)10(13)14/h4-7,10H,1-3H3. The van der Waals surface area contributed by atoms with Crippen LogP contribution in [0.3, 0.4) is 0 Å². The first kappa shape index (κ1) is 13.0. The Morgan fingerprint density at radius 3 is 1.56 bits per heavy atom. The van der Waals surface area contributed by atoms with E-state index in [1.807, 2.05) is 20.8 Å². The van der Waals surface area contributed by atoms with Gasteiger partial charge < -0.3 is 0 Å². The highest BCUT2D eigenvalue weighted by Gasteiger charge is 2.42. The molecule has 0 amide bonds. The SMILES string of the molecule is CC(C)(C)c1ccc(C(F)(F)C(F)F)cc1. The van der Waals surface area contributed by atoms with Crippen LogP contribution in [-0.4, -0.2) is 6.43 Å². The van der Waals surface area contributed by atoms with Crippen molar-refractivity contribution in [1.82, 2.24) is 0 Å². The fraction of sp³-hybridized carbons (Fsp3) is 0.500. The summed E-state index contributed by atoms with van der Waals surface area (Å²) in [6.45, 7) is 5.77. The van der Waals surface area contributed by atoms with E-state index < -0.39 is 17.9 Å². The number of hydrogen-bond donors (Lipinski definition) is 0. The molecule has 0 unspecified atom stereocenters. The fourth-order valence-electron chi connectivity index (χ4n) is 1.32. The Hall–Kier alpha value is -1.06. The average molecular weight is 234 g/mol. The van der Waals surface area contributed by atoms with Gasteiger partial charge >= 0.3 is 12.3 Å². The molecule has 0 atom stereocenters. The molecule has 90 valence electrons. The molecular weight excluding hydrogens is 220 g/mol. The predicted octanol–water partition coefficient (Wildman–Crippen LogP) is 4.34. The molecule has 0 nitrogen and oxygen atoms in total. The molecule has 0 aliphatic heterocycles. The molecule has 0 spiro atoms.